The second-order valence-corrected chi connectivity index (χ2v) is 6.65. The van der Waals surface area contributed by atoms with Crippen LogP contribution in [-0.2, 0) is 4.79 Å². The van der Waals surface area contributed by atoms with Gasteiger partial charge in [-0.1, -0.05) is 19.8 Å². The van der Waals surface area contributed by atoms with E-state index in [4.69, 9.17) is 10.8 Å². The molecule has 0 saturated heterocycles. The van der Waals surface area contributed by atoms with Crippen LogP contribution >= 0.6 is 11.8 Å². The highest BCUT2D eigenvalue weighted by Gasteiger charge is 2.28. The van der Waals surface area contributed by atoms with E-state index >= 15 is 0 Å². The largest absolute Gasteiger partial charge is 0.480 e. The first kappa shape index (κ1) is 13.8. The standard InChI is InChI=1S/C12H23NO2S/c1-9-4-3-5-10(8-9)16-7-6-12(2,13)11(14)15/h9-10H,3-8,13H2,1-2H3,(H,14,15). The van der Waals surface area contributed by atoms with Crippen molar-refractivity contribution in [2.45, 2.75) is 56.7 Å². The van der Waals surface area contributed by atoms with Crippen molar-refractivity contribution < 1.29 is 9.90 Å². The van der Waals surface area contributed by atoms with Crippen LogP contribution in [0.15, 0.2) is 0 Å². The summed E-state index contributed by atoms with van der Waals surface area (Å²) in [6.45, 7) is 3.90. The first-order valence-corrected chi connectivity index (χ1v) is 7.10. The molecule has 1 saturated carbocycles. The fraction of sp³-hybridized carbons (Fsp3) is 0.917. The SMILES string of the molecule is CC1CCCC(SCCC(C)(N)C(=O)O)C1. The number of carboxylic acid groups (broad SMARTS) is 1. The normalized spacial score (nSPS) is 29.7. The topological polar surface area (TPSA) is 63.3 Å². The molecule has 3 N–H and O–H groups in total. The average molecular weight is 245 g/mol. The molecule has 0 spiro atoms. The highest BCUT2D eigenvalue weighted by molar-refractivity contribution is 7.99. The molecule has 0 aliphatic heterocycles. The lowest BCUT2D eigenvalue weighted by atomic mass is 9.91. The van der Waals surface area contributed by atoms with Gasteiger partial charge in [-0.25, -0.2) is 0 Å². The van der Waals surface area contributed by atoms with Gasteiger partial charge in [0.15, 0.2) is 0 Å². The Morgan fingerprint density at radius 3 is 2.81 bits per heavy atom. The van der Waals surface area contributed by atoms with Gasteiger partial charge in [0, 0.05) is 5.25 Å². The van der Waals surface area contributed by atoms with E-state index < -0.39 is 11.5 Å². The molecule has 1 aliphatic rings. The molecule has 4 heteroatoms. The summed E-state index contributed by atoms with van der Waals surface area (Å²) < 4.78 is 0. The Balaban J connectivity index is 2.22. The quantitative estimate of drug-likeness (QED) is 0.781. The predicted molar refractivity (Wildman–Crippen MR) is 68.7 cm³/mol. The van der Waals surface area contributed by atoms with Crippen molar-refractivity contribution in [1.29, 1.82) is 0 Å². The molecule has 3 nitrogen and oxygen atoms in total. The van der Waals surface area contributed by atoms with Gasteiger partial charge >= 0.3 is 5.97 Å². The minimum atomic E-state index is -1.06. The fourth-order valence-electron chi connectivity index (χ4n) is 2.07. The van der Waals surface area contributed by atoms with Gasteiger partial charge in [0.25, 0.3) is 0 Å². The van der Waals surface area contributed by atoms with Crippen LogP contribution in [0, 0.1) is 5.92 Å². The molecule has 0 aromatic carbocycles. The molecule has 1 fully saturated rings. The van der Waals surface area contributed by atoms with E-state index in [0.29, 0.717) is 11.7 Å². The Bertz CT molecular complexity index is 243. The van der Waals surface area contributed by atoms with Crippen molar-refractivity contribution in [2.75, 3.05) is 5.75 Å². The number of hydrogen-bond donors (Lipinski definition) is 2. The molecule has 94 valence electrons. The van der Waals surface area contributed by atoms with E-state index in [1.54, 1.807) is 6.92 Å². The lowest BCUT2D eigenvalue weighted by molar-refractivity contribution is -0.142. The van der Waals surface area contributed by atoms with Gasteiger partial charge in [-0.2, -0.15) is 11.8 Å². The molecule has 16 heavy (non-hydrogen) atoms. The van der Waals surface area contributed by atoms with Crippen molar-refractivity contribution in [1.82, 2.24) is 0 Å². The van der Waals surface area contributed by atoms with E-state index in [-0.39, 0.29) is 0 Å². The zero-order valence-corrected chi connectivity index (χ0v) is 11.1. The molecule has 3 unspecified atom stereocenters. The van der Waals surface area contributed by atoms with Crippen LogP contribution in [0.4, 0.5) is 0 Å². The van der Waals surface area contributed by atoms with Crippen molar-refractivity contribution >= 4 is 17.7 Å². The predicted octanol–water partition coefficient (Wildman–Crippen LogP) is 2.49. The number of thioether (sulfide) groups is 1. The Kier molecular flexibility index (Phi) is 5.12. The fourth-order valence-corrected chi connectivity index (χ4v) is 3.75. The average Bonchev–Trinajstić information content (AvgIpc) is 2.17. The smallest absolute Gasteiger partial charge is 0.323 e. The molecular weight excluding hydrogens is 222 g/mol. The molecule has 0 heterocycles. The van der Waals surface area contributed by atoms with Gasteiger partial charge in [0.2, 0.25) is 0 Å². The molecule has 0 aromatic heterocycles. The summed E-state index contributed by atoms with van der Waals surface area (Å²) in [5, 5.41) is 9.60. The summed E-state index contributed by atoms with van der Waals surface area (Å²) in [5.41, 5.74) is 4.63. The van der Waals surface area contributed by atoms with Crippen LogP contribution in [0.1, 0.15) is 46.0 Å². The Morgan fingerprint density at radius 2 is 2.25 bits per heavy atom. The minimum absolute atomic E-state index is 0.553. The third-order valence-electron chi connectivity index (χ3n) is 3.35. The third kappa shape index (κ3) is 4.34. The van der Waals surface area contributed by atoms with E-state index in [0.717, 1.165) is 11.7 Å². The van der Waals surface area contributed by atoms with Gasteiger partial charge in [-0.3, -0.25) is 4.79 Å². The first-order valence-electron chi connectivity index (χ1n) is 6.05. The highest BCUT2D eigenvalue weighted by Crippen LogP contribution is 2.32. The van der Waals surface area contributed by atoms with Crippen molar-refractivity contribution in [3.63, 3.8) is 0 Å². The summed E-state index contributed by atoms with van der Waals surface area (Å²) in [6, 6.07) is 0. The van der Waals surface area contributed by atoms with E-state index in [1.807, 2.05) is 11.8 Å². The first-order chi connectivity index (χ1) is 7.42. The summed E-state index contributed by atoms with van der Waals surface area (Å²) in [6.07, 6.45) is 5.78. The molecule has 0 amide bonds. The number of hydrogen-bond acceptors (Lipinski definition) is 3. The van der Waals surface area contributed by atoms with Crippen LogP contribution < -0.4 is 5.73 Å². The van der Waals surface area contributed by atoms with Gasteiger partial charge in [-0.05, 0) is 37.9 Å². The van der Waals surface area contributed by atoms with Crippen LogP contribution in [-0.4, -0.2) is 27.6 Å². The number of nitrogens with two attached hydrogens (primary N) is 1. The third-order valence-corrected chi connectivity index (χ3v) is 4.69. The second-order valence-electron chi connectivity index (χ2n) is 5.24. The molecule has 3 atom stereocenters. The number of carboxylic acids is 1. The maximum absolute atomic E-state index is 10.8. The van der Waals surface area contributed by atoms with Crippen LogP contribution in [0.25, 0.3) is 0 Å². The Morgan fingerprint density at radius 1 is 1.56 bits per heavy atom. The maximum atomic E-state index is 10.8. The summed E-state index contributed by atoms with van der Waals surface area (Å²) >= 11 is 1.90. The summed E-state index contributed by atoms with van der Waals surface area (Å²) in [7, 11) is 0. The van der Waals surface area contributed by atoms with Gasteiger partial charge in [0.1, 0.15) is 5.54 Å². The molecule has 0 bridgehead atoms. The van der Waals surface area contributed by atoms with Gasteiger partial charge in [-0.15, -0.1) is 0 Å². The summed E-state index contributed by atoms with van der Waals surface area (Å²) in [5.74, 6) is 0.788. The number of carbonyl (C=O) groups is 1. The van der Waals surface area contributed by atoms with Crippen LogP contribution in [0.3, 0.4) is 0 Å². The monoisotopic (exact) mass is 245 g/mol. The Hall–Kier alpha value is -0.220. The lowest BCUT2D eigenvalue weighted by Crippen LogP contribution is -2.45. The molecule has 1 rings (SSSR count). The molecule has 0 radical (unpaired) electrons. The molecular formula is C12H23NO2S. The zero-order valence-electron chi connectivity index (χ0n) is 10.2. The maximum Gasteiger partial charge on any atom is 0.323 e. The lowest BCUT2D eigenvalue weighted by Gasteiger charge is -2.27. The van der Waals surface area contributed by atoms with Crippen LogP contribution in [0.2, 0.25) is 0 Å². The highest BCUT2D eigenvalue weighted by atomic mass is 32.2. The van der Waals surface area contributed by atoms with Crippen molar-refractivity contribution in [3.05, 3.63) is 0 Å². The molecule has 0 aromatic rings. The van der Waals surface area contributed by atoms with E-state index in [1.165, 1.54) is 25.7 Å². The van der Waals surface area contributed by atoms with Crippen molar-refractivity contribution in [3.8, 4) is 0 Å². The number of rotatable bonds is 5. The van der Waals surface area contributed by atoms with Crippen LogP contribution in [0.5, 0.6) is 0 Å². The molecule has 1 aliphatic carbocycles. The zero-order chi connectivity index (χ0) is 12.2. The Labute approximate surface area is 102 Å². The van der Waals surface area contributed by atoms with E-state index in [2.05, 4.69) is 6.92 Å². The van der Waals surface area contributed by atoms with Gasteiger partial charge < -0.3 is 10.8 Å². The van der Waals surface area contributed by atoms with Crippen molar-refractivity contribution in [2.24, 2.45) is 11.7 Å². The van der Waals surface area contributed by atoms with E-state index in [9.17, 15) is 4.79 Å². The summed E-state index contributed by atoms with van der Waals surface area (Å²) in [4.78, 5) is 10.8. The number of aliphatic carboxylic acids is 1. The van der Waals surface area contributed by atoms with Gasteiger partial charge in [0.05, 0.1) is 0 Å². The minimum Gasteiger partial charge on any atom is -0.480 e. The second kappa shape index (κ2) is 5.92.